The zero-order valence-electron chi connectivity index (χ0n) is 21.6. The van der Waals surface area contributed by atoms with E-state index in [0.29, 0.717) is 24.6 Å². The molecule has 0 bridgehead atoms. The molecule has 0 aliphatic carbocycles. The van der Waals surface area contributed by atoms with Gasteiger partial charge in [0.05, 0.1) is 29.8 Å². The quantitative estimate of drug-likeness (QED) is 0.432. The van der Waals surface area contributed by atoms with E-state index in [1.54, 1.807) is 6.07 Å². The van der Waals surface area contributed by atoms with Crippen LogP contribution in [0.3, 0.4) is 0 Å². The van der Waals surface area contributed by atoms with Gasteiger partial charge in [0.2, 0.25) is 0 Å². The zero-order chi connectivity index (χ0) is 26.2. The molecule has 38 heavy (non-hydrogen) atoms. The standard InChI is InChI=1S/C29H31N7O2/c1-19-26-23(27(33-32-26)31-28(37)25-13-12-21-10-6-7-11-24(21)30-25)18-36(19)29(38)35-15-14-34(2)17-22(35)16-20-8-4-3-5-9-20/h3-13,19,22H,14-18H2,1-2H3,(H2,31,32,33,37)/t19?,22-/m0/s1. The number of nitrogens with one attached hydrogen (secondary N) is 2. The van der Waals surface area contributed by atoms with E-state index in [0.717, 1.165) is 41.7 Å². The van der Waals surface area contributed by atoms with E-state index in [4.69, 9.17) is 0 Å². The number of nitrogens with zero attached hydrogens (tertiary/aromatic N) is 5. The van der Waals surface area contributed by atoms with Crippen LogP contribution < -0.4 is 5.32 Å². The molecule has 1 saturated heterocycles. The highest BCUT2D eigenvalue weighted by molar-refractivity contribution is 6.04. The highest BCUT2D eigenvalue weighted by Gasteiger charge is 2.40. The first-order valence-electron chi connectivity index (χ1n) is 13.0. The number of piperazine rings is 1. The fraction of sp³-hybridized carbons (Fsp3) is 0.310. The van der Waals surface area contributed by atoms with Crippen LogP contribution in [0.1, 0.15) is 40.3 Å². The van der Waals surface area contributed by atoms with Crippen molar-refractivity contribution in [2.24, 2.45) is 0 Å². The second kappa shape index (κ2) is 9.90. The van der Waals surface area contributed by atoms with Gasteiger partial charge >= 0.3 is 6.03 Å². The number of urea groups is 1. The first kappa shape index (κ1) is 24.1. The third-order valence-corrected chi connectivity index (χ3v) is 7.67. The highest BCUT2D eigenvalue weighted by Crippen LogP contribution is 2.37. The summed E-state index contributed by atoms with van der Waals surface area (Å²) >= 11 is 0. The van der Waals surface area contributed by atoms with Crippen molar-refractivity contribution >= 4 is 28.7 Å². The number of benzene rings is 2. The maximum Gasteiger partial charge on any atom is 0.321 e. The van der Waals surface area contributed by atoms with Gasteiger partial charge in [0, 0.05) is 30.6 Å². The minimum absolute atomic E-state index is 0.0182. The lowest BCUT2D eigenvalue weighted by atomic mass is 10.0. The second-order valence-corrected chi connectivity index (χ2v) is 10.2. The van der Waals surface area contributed by atoms with Gasteiger partial charge in [-0.1, -0.05) is 54.6 Å². The maximum atomic E-state index is 13.9. The molecule has 4 aromatic rings. The van der Waals surface area contributed by atoms with Gasteiger partial charge in [0.1, 0.15) is 5.69 Å². The van der Waals surface area contributed by atoms with Gasteiger partial charge in [-0.05, 0) is 38.1 Å². The molecule has 194 valence electrons. The number of pyridine rings is 1. The molecule has 0 saturated carbocycles. The number of carbonyl (C=O) groups excluding carboxylic acids is 2. The molecule has 1 unspecified atom stereocenters. The number of para-hydroxylation sites is 1. The predicted molar refractivity (Wildman–Crippen MR) is 146 cm³/mol. The van der Waals surface area contributed by atoms with Crippen molar-refractivity contribution in [2.45, 2.75) is 32.0 Å². The lowest BCUT2D eigenvalue weighted by Gasteiger charge is -2.42. The van der Waals surface area contributed by atoms with Gasteiger partial charge in [-0.25, -0.2) is 9.78 Å². The number of fused-ring (bicyclic) bond motifs is 2. The van der Waals surface area contributed by atoms with Crippen molar-refractivity contribution in [3.8, 4) is 0 Å². The number of amides is 3. The number of likely N-dealkylation sites (N-methyl/N-ethyl adjacent to an activating group) is 1. The van der Waals surface area contributed by atoms with Crippen LogP contribution in [0.15, 0.2) is 66.7 Å². The van der Waals surface area contributed by atoms with Crippen molar-refractivity contribution < 1.29 is 9.59 Å². The molecule has 4 heterocycles. The Balaban J connectivity index is 1.18. The van der Waals surface area contributed by atoms with E-state index in [1.165, 1.54) is 5.56 Å². The first-order valence-corrected chi connectivity index (χ1v) is 13.0. The molecule has 0 spiro atoms. The number of H-pyrrole nitrogens is 1. The minimum atomic E-state index is -0.329. The third kappa shape index (κ3) is 4.50. The lowest BCUT2D eigenvalue weighted by molar-refractivity contribution is 0.0781. The second-order valence-electron chi connectivity index (χ2n) is 10.2. The van der Waals surface area contributed by atoms with Crippen LogP contribution in [0.4, 0.5) is 10.6 Å². The Bertz CT molecular complexity index is 1480. The van der Waals surface area contributed by atoms with Crippen LogP contribution in [0, 0.1) is 0 Å². The van der Waals surface area contributed by atoms with Crippen molar-refractivity contribution in [3.05, 3.63) is 89.2 Å². The summed E-state index contributed by atoms with van der Waals surface area (Å²) in [4.78, 5) is 37.6. The molecular formula is C29H31N7O2. The summed E-state index contributed by atoms with van der Waals surface area (Å²) < 4.78 is 0. The molecule has 2 aromatic heterocycles. The van der Waals surface area contributed by atoms with Crippen LogP contribution in [-0.2, 0) is 13.0 Å². The number of carbonyl (C=O) groups is 2. The fourth-order valence-electron chi connectivity index (χ4n) is 5.54. The number of aromatic nitrogens is 3. The van der Waals surface area contributed by atoms with Crippen LogP contribution >= 0.6 is 0 Å². The number of hydrogen-bond acceptors (Lipinski definition) is 5. The Morgan fingerprint density at radius 2 is 1.79 bits per heavy atom. The number of anilines is 1. The average Bonchev–Trinajstić information content (AvgIpc) is 3.48. The summed E-state index contributed by atoms with van der Waals surface area (Å²) in [5.74, 6) is 0.116. The van der Waals surface area contributed by atoms with Gasteiger partial charge in [-0.15, -0.1) is 0 Å². The Hall–Kier alpha value is -4.24. The Kier molecular flexibility index (Phi) is 6.29. The van der Waals surface area contributed by atoms with Crippen LogP contribution in [0.2, 0.25) is 0 Å². The van der Waals surface area contributed by atoms with E-state index >= 15 is 0 Å². The number of aromatic amines is 1. The fourth-order valence-corrected chi connectivity index (χ4v) is 5.54. The van der Waals surface area contributed by atoms with Crippen LogP contribution in [-0.4, -0.2) is 74.5 Å². The largest absolute Gasteiger partial charge is 0.321 e. The normalized spacial score (nSPS) is 19.5. The molecule has 3 amide bonds. The van der Waals surface area contributed by atoms with Gasteiger partial charge in [-0.3, -0.25) is 9.89 Å². The molecule has 2 aromatic carbocycles. The minimum Gasteiger partial charge on any atom is -0.319 e. The molecule has 2 atom stereocenters. The summed E-state index contributed by atoms with van der Waals surface area (Å²) in [6, 6.07) is 21.5. The number of rotatable bonds is 4. The van der Waals surface area contributed by atoms with E-state index in [-0.39, 0.29) is 24.0 Å². The summed E-state index contributed by atoms with van der Waals surface area (Å²) in [5.41, 5.74) is 4.00. The van der Waals surface area contributed by atoms with E-state index in [9.17, 15) is 9.59 Å². The molecule has 2 aliphatic rings. The summed E-state index contributed by atoms with van der Waals surface area (Å²) in [7, 11) is 2.11. The maximum absolute atomic E-state index is 13.9. The SMILES string of the molecule is CC1c2[nH]nc(NC(=O)c3ccc4ccccc4n3)c2CN1C(=O)N1CCN(C)C[C@@H]1Cc1ccccc1. The van der Waals surface area contributed by atoms with Gasteiger partial charge in [0.15, 0.2) is 5.82 Å². The lowest BCUT2D eigenvalue weighted by Crippen LogP contribution is -2.57. The van der Waals surface area contributed by atoms with E-state index in [1.807, 2.05) is 65.3 Å². The molecular weight excluding hydrogens is 478 g/mol. The van der Waals surface area contributed by atoms with Gasteiger partial charge < -0.3 is 20.0 Å². The summed E-state index contributed by atoms with van der Waals surface area (Å²) in [6.07, 6.45) is 0.812. The molecule has 9 heteroatoms. The summed E-state index contributed by atoms with van der Waals surface area (Å²) in [5, 5.41) is 11.3. The van der Waals surface area contributed by atoms with Crippen molar-refractivity contribution in [3.63, 3.8) is 0 Å². The van der Waals surface area contributed by atoms with Gasteiger partial charge in [-0.2, -0.15) is 5.10 Å². The molecule has 9 nitrogen and oxygen atoms in total. The Labute approximate surface area is 221 Å². The molecule has 2 N–H and O–H groups in total. The van der Waals surface area contributed by atoms with Crippen molar-refractivity contribution in [2.75, 3.05) is 32.0 Å². The van der Waals surface area contributed by atoms with Crippen LogP contribution in [0.5, 0.6) is 0 Å². The Morgan fingerprint density at radius 1 is 1.00 bits per heavy atom. The van der Waals surface area contributed by atoms with Gasteiger partial charge in [0.25, 0.3) is 5.91 Å². The highest BCUT2D eigenvalue weighted by atomic mass is 16.2. The molecule has 1 fully saturated rings. The first-order chi connectivity index (χ1) is 18.5. The van der Waals surface area contributed by atoms with Crippen molar-refractivity contribution in [1.29, 1.82) is 0 Å². The topological polar surface area (TPSA) is 97.5 Å². The van der Waals surface area contributed by atoms with Crippen LogP contribution in [0.25, 0.3) is 10.9 Å². The summed E-state index contributed by atoms with van der Waals surface area (Å²) in [6.45, 7) is 4.74. The number of hydrogen-bond donors (Lipinski definition) is 2. The molecule has 0 radical (unpaired) electrons. The molecule has 6 rings (SSSR count). The van der Waals surface area contributed by atoms with Crippen molar-refractivity contribution in [1.82, 2.24) is 29.9 Å². The average molecular weight is 510 g/mol. The monoisotopic (exact) mass is 509 g/mol. The van der Waals surface area contributed by atoms with E-state index in [2.05, 4.69) is 44.6 Å². The Morgan fingerprint density at radius 3 is 2.63 bits per heavy atom. The molecule has 2 aliphatic heterocycles. The smallest absolute Gasteiger partial charge is 0.319 e. The third-order valence-electron chi connectivity index (χ3n) is 7.67. The predicted octanol–water partition coefficient (Wildman–Crippen LogP) is 4.07. The van der Waals surface area contributed by atoms with E-state index < -0.39 is 0 Å². The zero-order valence-corrected chi connectivity index (χ0v) is 21.6.